The Labute approximate surface area is 83.8 Å². The lowest BCUT2D eigenvalue weighted by Gasteiger charge is -2.35. The standard InChI is InChI=1S/C9H16N3O2/c13-9(11-2-1-3-11)8-10-4-6-12(14)7-5-10/h1,14H,2-8H2. The van der Waals surface area contributed by atoms with Gasteiger partial charge in [0.25, 0.3) is 0 Å². The van der Waals surface area contributed by atoms with Gasteiger partial charge in [-0.2, -0.15) is 5.06 Å². The van der Waals surface area contributed by atoms with Gasteiger partial charge in [0.2, 0.25) is 5.91 Å². The van der Waals surface area contributed by atoms with Crippen molar-refractivity contribution in [3.05, 3.63) is 6.42 Å². The van der Waals surface area contributed by atoms with Gasteiger partial charge < -0.3 is 10.1 Å². The third-order valence-electron chi connectivity index (χ3n) is 2.76. The van der Waals surface area contributed by atoms with Crippen LogP contribution in [0.25, 0.3) is 0 Å². The smallest absolute Gasteiger partial charge is 0.236 e. The van der Waals surface area contributed by atoms with Crippen molar-refractivity contribution in [1.82, 2.24) is 14.9 Å². The van der Waals surface area contributed by atoms with Crippen LogP contribution in [0.2, 0.25) is 0 Å². The van der Waals surface area contributed by atoms with Gasteiger partial charge in [0, 0.05) is 45.7 Å². The van der Waals surface area contributed by atoms with E-state index < -0.39 is 0 Å². The van der Waals surface area contributed by atoms with Gasteiger partial charge in [0.05, 0.1) is 6.54 Å². The monoisotopic (exact) mass is 198 g/mol. The topological polar surface area (TPSA) is 47.0 Å². The maximum absolute atomic E-state index is 11.6. The van der Waals surface area contributed by atoms with Crippen LogP contribution in [-0.2, 0) is 4.79 Å². The molecule has 14 heavy (non-hydrogen) atoms. The Morgan fingerprint density at radius 2 is 1.86 bits per heavy atom. The second kappa shape index (κ2) is 4.25. The molecule has 0 bridgehead atoms. The number of hydrogen-bond acceptors (Lipinski definition) is 4. The highest BCUT2D eigenvalue weighted by atomic mass is 16.5. The number of nitrogens with zero attached hydrogens (tertiary/aromatic N) is 3. The molecule has 2 saturated heterocycles. The summed E-state index contributed by atoms with van der Waals surface area (Å²) in [5, 5.41) is 10.4. The highest BCUT2D eigenvalue weighted by molar-refractivity contribution is 5.79. The molecule has 2 heterocycles. The molecule has 0 spiro atoms. The molecular formula is C9H16N3O2. The molecule has 0 atom stereocenters. The SMILES string of the molecule is O=C(CN1CCN(O)CC1)N1C[CH]C1. The number of amides is 1. The van der Waals surface area contributed by atoms with Crippen molar-refractivity contribution in [3.63, 3.8) is 0 Å². The van der Waals surface area contributed by atoms with Crippen LogP contribution in [0.1, 0.15) is 0 Å². The molecule has 2 aliphatic rings. The highest BCUT2D eigenvalue weighted by Crippen LogP contribution is 2.06. The van der Waals surface area contributed by atoms with Gasteiger partial charge >= 0.3 is 0 Å². The van der Waals surface area contributed by atoms with Crippen molar-refractivity contribution in [1.29, 1.82) is 0 Å². The summed E-state index contributed by atoms with van der Waals surface area (Å²) in [5.74, 6) is 0.207. The number of carbonyl (C=O) groups is 1. The van der Waals surface area contributed by atoms with Crippen molar-refractivity contribution in [3.8, 4) is 0 Å². The molecule has 0 saturated carbocycles. The molecule has 1 N–H and O–H groups in total. The zero-order valence-electron chi connectivity index (χ0n) is 8.22. The van der Waals surface area contributed by atoms with E-state index in [1.54, 1.807) is 0 Å². The maximum atomic E-state index is 11.6. The Kier molecular flexibility index (Phi) is 3.00. The lowest BCUT2D eigenvalue weighted by atomic mass is 10.2. The zero-order chi connectivity index (χ0) is 9.97. The van der Waals surface area contributed by atoms with E-state index >= 15 is 0 Å². The van der Waals surface area contributed by atoms with Crippen LogP contribution >= 0.6 is 0 Å². The lowest BCUT2D eigenvalue weighted by Crippen LogP contribution is -2.51. The summed E-state index contributed by atoms with van der Waals surface area (Å²) in [4.78, 5) is 15.5. The Bertz CT molecular complexity index is 210. The molecular weight excluding hydrogens is 182 g/mol. The van der Waals surface area contributed by atoms with Crippen LogP contribution < -0.4 is 0 Å². The molecule has 1 amide bonds. The minimum atomic E-state index is 0.207. The summed E-state index contributed by atoms with van der Waals surface area (Å²) >= 11 is 0. The molecule has 1 radical (unpaired) electrons. The third kappa shape index (κ3) is 2.23. The third-order valence-corrected chi connectivity index (χ3v) is 2.76. The Morgan fingerprint density at radius 1 is 1.21 bits per heavy atom. The molecule has 0 aromatic carbocycles. The molecule has 5 nitrogen and oxygen atoms in total. The molecule has 5 heteroatoms. The van der Waals surface area contributed by atoms with Gasteiger partial charge in [-0.25, -0.2) is 0 Å². The second-order valence-corrected chi connectivity index (χ2v) is 3.82. The maximum Gasteiger partial charge on any atom is 0.236 e. The van der Waals surface area contributed by atoms with E-state index in [1.807, 2.05) is 4.90 Å². The van der Waals surface area contributed by atoms with Gasteiger partial charge in [-0.1, -0.05) is 0 Å². The molecule has 0 aromatic rings. The number of hydrogen-bond donors (Lipinski definition) is 1. The van der Waals surface area contributed by atoms with Crippen molar-refractivity contribution in [2.45, 2.75) is 0 Å². The highest BCUT2D eigenvalue weighted by Gasteiger charge is 2.24. The van der Waals surface area contributed by atoms with Crippen molar-refractivity contribution in [2.75, 3.05) is 45.8 Å². The zero-order valence-corrected chi connectivity index (χ0v) is 8.22. The van der Waals surface area contributed by atoms with E-state index in [1.165, 1.54) is 5.06 Å². The Hall–Kier alpha value is -0.650. The summed E-state index contributed by atoms with van der Waals surface area (Å²) in [7, 11) is 0. The molecule has 0 aromatic heterocycles. The second-order valence-electron chi connectivity index (χ2n) is 3.82. The van der Waals surface area contributed by atoms with E-state index in [0.717, 1.165) is 26.2 Å². The van der Waals surface area contributed by atoms with Gasteiger partial charge in [0.15, 0.2) is 0 Å². The Morgan fingerprint density at radius 3 is 2.36 bits per heavy atom. The quantitative estimate of drug-likeness (QED) is 0.621. The van der Waals surface area contributed by atoms with E-state index in [2.05, 4.69) is 11.3 Å². The molecule has 79 valence electrons. The first kappa shape index (κ1) is 9.89. The minimum Gasteiger partial charge on any atom is -0.341 e. The van der Waals surface area contributed by atoms with Crippen LogP contribution in [0.3, 0.4) is 0 Å². The first-order valence-electron chi connectivity index (χ1n) is 5.01. The van der Waals surface area contributed by atoms with Crippen LogP contribution in [0, 0.1) is 6.42 Å². The average molecular weight is 198 g/mol. The molecule has 2 fully saturated rings. The van der Waals surface area contributed by atoms with Crippen LogP contribution in [0.15, 0.2) is 0 Å². The lowest BCUT2D eigenvalue weighted by molar-refractivity contribution is -0.139. The fourth-order valence-electron chi connectivity index (χ4n) is 1.65. The van der Waals surface area contributed by atoms with E-state index in [-0.39, 0.29) is 5.91 Å². The first-order valence-corrected chi connectivity index (χ1v) is 5.01. The van der Waals surface area contributed by atoms with E-state index in [0.29, 0.717) is 19.6 Å². The predicted octanol–water partition coefficient (Wildman–Crippen LogP) is -0.960. The Balaban J connectivity index is 1.71. The molecule has 0 unspecified atom stereocenters. The van der Waals surface area contributed by atoms with E-state index in [4.69, 9.17) is 5.21 Å². The number of piperazine rings is 1. The van der Waals surface area contributed by atoms with Gasteiger partial charge in [-0.3, -0.25) is 9.69 Å². The molecule has 0 aliphatic carbocycles. The minimum absolute atomic E-state index is 0.207. The summed E-state index contributed by atoms with van der Waals surface area (Å²) in [6.45, 7) is 4.94. The number of hydroxylamine groups is 2. The summed E-state index contributed by atoms with van der Waals surface area (Å²) < 4.78 is 0. The summed E-state index contributed by atoms with van der Waals surface area (Å²) in [5.41, 5.74) is 0. The van der Waals surface area contributed by atoms with Crippen LogP contribution in [0.4, 0.5) is 0 Å². The van der Waals surface area contributed by atoms with Crippen LogP contribution in [-0.4, -0.2) is 71.8 Å². The summed E-state index contributed by atoms with van der Waals surface area (Å²) in [6, 6.07) is 0. The number of rotatable bonds is 2. The van der Waals surface area contributed by atoms with Crippen molar-refractivity contribution < 1.29 is 10.0 Å². The predicted molar refractivity (Wildman–Crippen MR) is 50.7 cm³/mol. The van der Waals surface area contributed by atoms with Gasteiger partial charge in [-0.15, -0.1) is 0 Å². The number of likely N-dealkylation sites (tertiary alicyclic amines) is 1. The number of carbonyl (C=O) groups excluding carboxylic acids is 1. The van der Waals surface area contributed by atoms with Gasteiger partial charge in [-0.05, 0) is 0 Å². The average Bonchev–Trinajstić information content (AvgIpc) is 2.06. The fourth-order valence-corrected chi connectivity index (χ4v) is 1.65. The van der Waals surface area contributed by atoms with Crippen molar-refractivity contribution in [2.24, 2.45) is 0 Å². The van der Waals surface area contributed by atoms with Crippen LogP contribution in [0.5, 0.6) is 0 Å². The van der Waals surface area contributed by atoms with Gasteiger partial charge in [0.1, 0.15) is 0 Å². The fraction of sp³-hybridized carbons (Fsp3) is 0.778. The largest absolute Gasteiger partial charge is 0.341 e. The van der Waals surface area contributed by atoms with E-state index in [9.17, 15) is 4.79 Å². The summed E-state index contributed by atoms with van der Waals surface area (Å²) in [6.07, 6.45) is 2.09. The van der Waals surface area contributed by atoms with Crippen molar-refractivity contribution >= 4 is 5.91 Å². The normalized spacial score (nSPS) is 24.8. The first-order chi connectivity index (χ1) is 6.75. The molecule has 2 aliphatic heterocycles. The molecule has 2 rings (SSSR count).